The van der Waals surface area contributed by atoms with Crippen LogP contribution in [0, 0.1) is 11.3 Å². The third kappa shape index (κ3) is 2.30. The predicted molar refractivity (Wildman–Crippen MR) is 54.6 cm³/mol. The molecule has 0 fully saturated rings. The summed E-state index contributed by atoms with van der Waals surface area (Å²) in [5, 5.41) is 12.3. The Morgan fingerprint density at radius 3 is 2.43 bits per heavy atom. The lowest BCUT2D eigenvalue weighted by Crippen LogP contribution is -1.82. The first kappa shape index (κ1) is 10.7. The van der Waals surface area contributed by atoms with Gasteiger partial charge in [-0.05, 0) is 23.2 Å². The number of hydrogen-bond donors (Lipinski definition) is 0. The SMILES string of the molecule is N#CCc1cc(Cl)c(N=[N+]=[N-])c(Cl)c1. The lowest BCUT2D eigenvalue weighted by Gasteiger charge is -2.02. The van der Waals surface area contributed by atoms with Gasteiger partial charge in [0.05, 0.1) is 28.2 Å². The van der Waals surface area contributed by atoms with Crippen LogP contribution in [-0.2, 0) is 6.42 Å². The standard InChI is InChI=1S/C8H4Cl2N4/c9-6-3-5(1-2-11)4-7(10)8(6)13-14-12/h3-4H,1H2. The van der Waals surface area contributed by atoms with Crippen LogP contribution in [0.5, 0.6) is 0 Å². The van der Waals surface area contributed by atoms with Gasteiger partial charge >= 0.3 is 0 Å². The van der Waals surface area contributed by atoms with Crippen molar-refractivity contribution in [3.63, 3.8) is 0 Å². The molecule has 0 saturated heterocycles. The van der Waals surface area contributed by atoms with Crippen LogP contribution in [-0.4, -0.2) is 0 Å². The second-order valence-corrected chi connectivity index (χ2v) is 3.25. The summed E-state index contributed by atoms with van der Waals surface area (Å²) in [7, 11) is 0. The largest absolute Gasteiger partial charge is 0.198 e. The molecule has 1 aromatic carbocycles. The monoisotopic (exact) mass is 226 g/mol. The van der Waals surface area contributed by atoms with Gasteiger partial charge in [0, 0.05) is 4.91 Å². The third-order valence-electron chi connectivity index (χ3n) is 1.50. The number of rotatable bonds is 2. The number of nitrogens with zero attached hydrogens (tertiary/aromatic N) is 4. The summed E-state index contributed by atoms with van der Waals surface area (Å²) in [6, 6.07) is 5.08. The first-order chi connectivity index (χ1) is 6.69. The van der Waals surface area contributed by atoms with Crippen molar-refractivity contribution < 1.29 is 0 Å². The van der Waals surface area contributed by atoms with Crippen LogP contribution in [0.2, 0.25) is 10.0 Å². The van der Waals surface area contributed by atoms with E-state index in [4.69, 9.17) is 34.0 Å². The molecule has 0 heterocycles. The lowest BCUT2D eigenvalue weighted by atomic mass is 10.1. The molecular formula is C8H4Cl2N4. The highest BCUT2D eigenvalue weighted by molar-refractivity contribution is 6.38. The Balaban J connectivity index is 3.25. The second kappa shape index (κ2) is 4.73. The zero-order valence-electron chi connectivity index (χ0n) is 6.91. The van der Waals surface area contributed by atoms with E-state index in [1.165, 1.54) is 0 Å². The van der Waals surface area contributed by atoms with Crippen LogP contribution < -0.4 is 0 Å². The van der Waals surface area contributed by atoms with Crippen molar-refractivity contribution in [1.29, 1.82) is 5.26 Å². The summed E-state index contributed by atoms with van der Waals surface area (Å²) in [5.41, 5.74) is 9.12. The van der Waals surface area contributed by atoms with Gasteiger partial charge in [0.1, 0.15) is 0 Å². The second-order valence-electron chi connectivity index (χ2n) is 2.43. The average molecular weight is 227 g/mol. The Kier molecular flexibility index (Phi) is 3.61. The summed E-state index contributed by atoms with van der Waals surface area (Å²) >= 11 is 11.6. The molecule has 1 rings (SSSR count). The Labute approximate surface area is 90.3 Å². The van der Waals surface area contributed by atoms with E-state index in [0.717, 1.165) is 0 Å². The van der Waals surface area contributed by atoms with Crippen LogP contribution in [0.15, 0.2) is 17.2 Å². The maximum Gasteiger partial charge on any atom is 0.0748 e. The number of nitriles is 1. The number of azide groups is 1. The van der Waals surface area contributed by atoms with Crippen LogP contribution in [0.3, 0.4) is 0 Å². The minimum Gasteiger partial charge on any atom is -0.198 e. The van der Waals surface area contributed by atoms with Crippen molar-refractivity contribution in [1.82, 2.24) is 0 Å². The van der Waals surface area contributed by atoms with Gasteiger partial charge < -0.3 is 0 Å². The van der Waals surface area contributed by atoms with E-state index >= 15 is 0 Å². The van der Waals surface area contributed by atoms with E-state index in [1.54, 1.807) is 12.1 Å². The van der Waals surface area contributed by atoms with Crippen molar-refractivity contribution >= 4 is 28.9 Å². The van der Waals surface area contributed by atoms with Gasteiger partial charge in [-0.2, -0.15) is 5.26 Å². The van der Waals surface area contributed by atoms with E-state index in [1.807, 2.05) is 6.07 Å². The number of halogens is 2. The minimum absolute atomic E-state index is 0.192. The zero-order valence-corrected chi connectivity index (χ0v) is 8.42. The highest BCUT2D eigenvalue weighted by atomic mass is 35.5. The smallest absolute Gasteiger partial charge is 0.0748 e. The summed E-state index contributed by atoms with van der Waals surface area (Å²) < 4.78 is 0. The van der Waals surface area contributed by atoms with Crippen molar-refractivity contribution in [3.05, 3.63) is 38.2 Å². The maximum absolute atomic E-state index is 8.46. The molecule has 0 spiro atoms. The van der Waals surface area contributed by atoms with E-state index in [0.29, 0.717) is 5.56 Å². The first-order valence-corrected chi connectivity index (χ1v) is 4.34. The van der Waals surface area contributed by atoms with E-state index < -0.39 is 0 Å². The van der Waals surface area contributed by atoms with Gasteiger partial charge in [0.2, 0.25) is 0 Å². The van der Waals surface area contributed by atoms with Crippen molar-refractivity contribution in [3.8, 4) is 6.07 Å². The summed E-state index contributed by atoms with van der Waals surface area (Å²) in [4.78, 5) is 2.59. The molecule has 4 nitrogen and oxygen atoms in total. The molecule has 0 aliphatic carbocycles. The van der Waals surface area contributed by atoms with Crippen molar-refractivity contribution in [2.24, 2.45) is 5.11 Å². The van der Waals surface area contributed by atoms with Gasteiger partial charge in [-0.1, -0.05) is 28.3 Å². The fraction of sp³-hybridized carbons (Fsp3) is 0.125. The fourth-order valence-electron chi connectivity index (χ4n) is 0.952. The van der Waals surface area contributed by atoms with Crippen molar-refractivity contribution in [2.45, 2.75) is 6.42 Å². The van der Waals surface area contributed by atoms with E-state index in [9.17, 15) is 0 Å². The Morgan fingerprint density at radius 1 is 1.43 bits per heavy atom. The molecule has 0 aromatic heterocycles. The first-order valence-electron chi connectivity index (χ1n) is 3.59. The molecule has 6 heteroatoms. The topological polar surface area (TPSA) is 72.5 Å². The van der Waals surface area contributed by atoms with Crippen LogP contribution in [0.1, 0.15) is 5.56 Å². The summed E-state index contributed by atoms with van der Waals surface area (Å²) in [5.74, 6) is 0. The molecule has 1 aromatic rings. The van der Waals surface area contributed by atoms with Gasteiger partial charge in [0.15, 0.2) is 0 Å². The van der Waals surface area contributed by atoms with Crippen molar-refractivity contribution in [2.75, 3.05) is 0 Å². The highest BCUT2D eigenvalue weighted by Crippen LogP contribution is 2.34. The molecule has 0 atom stereocenters. The predicted octanol–water partition coefficient (Wildman–Crippen LogP) is 4.00. The molecule has 0 bridgehead atoms. The number of hydrogen-bond acceptors (Lipinski definition) is 2. The van der Waals surface area contributed by atoms with Gasteiger partial charge in [0.25, 0.3) is 0 Å². The fourth-order valence-corrected chi connectivity index (χ4v) is 1.56. The maximum atomic E-state index is 8.46. The zero-order chi connectivity index (χ0) is 10.6. The Hall–Kier alpha value is -1.40. The average Bonchev–Trinajstić information content (AvgIpc) is 2.12. The number of benzene rings is 1. The summed E-state index contributed by atoms with van der Waals surface area (Å²) in [6.45, 7) is 0. The molecule has 0 radical (unpaired) electrons. The molecule has 0 amide bonds. The van der Waals surface area contributed by atoms with Crippen LogP contribution >= 0.6 is 23.2 Å². The molecular weight excluding hydrogens is 223 g/mol. The third-order valence-corrected chi connectivity index (χ3v) is 2.08. The quantitative estimate of drug-likeness (QED) is 0.427. The van der Waals surface area contributed by atoms with Gasteiger partial charge in [-0.15, -0.1) is 0 Å². The molecule has 0 aliphatic rings. The van der Waals surface area contributed by atoms with Gasteiger partial charge in [-0.3, -0.25) is 0 Å². The Bertz CT molecular complexity index is 420. The molecule has 70 valence electrons. The highest BCUT2D eigenvalue weighted by Gasteiger charge is 2.06. The lowest BCUT2D eigenvalue weighted by molar-refractivity contribution is 1.26. The Morgan fingerprint density at radius 2 is 2.00 bits per heavy atom. The normalized spacial score (nSPS) is 8.93. The molecule has 14 heavy (non-hydrogen) atoms. The van der Waals surface area contributed by atoms with E-state index in [2.05, 4.69) is 10.0 Å². The van der Waals surface area contributed by atoms with E-state index in [-0.39, 0.29) is 22.2 Å². The summed E-state index contributed by atoms with van der Waals surface area (Å²) in [6.07, 6.45) is 0.218. The van der Waals surface area contributed by atoms with Gasteiger partial charge in [-0.25, -0.2) is 0 Å². The molecule has 0 unspecified atom stereocenters. The molecule has 0 saturated carbocycles. The molecule has 0 aliphatic heterocycles. The minimum atomic E-state index is 0.192. The van der Waals surface area contributed by atoms with Crippen LogP contribution in [0.25, 0.3) is 10.4 Å². The van der Waals surface area contributed by atoms with Crippen LogP contribution in [0.4, 0.5) is 5.69 Å². The molecule has 0 N–H and O–H groups in total.